The van der Waals surface area contributed by atoms with Gasteiger partial charge in [0.05, 0.1) is 18.4 Å². The number of Topliss-reactive ketones (excluding diaryl/α,β-unsaturated/α-hetero) is 2. The van der Waals surface area contributed by atoms with Crippen molar-refractivity contribution in [2.75, 3.05) is 7.11 Å². The summed E-state index contributed by atoms with van der Waals surface area (Å²) in [5.74, 6) is -1.40. The van der Waals surface area contributed by atoms with E-state index in [0.717, 1.165) is 6.20 Å². The maximum Gasteiger partial charge on any atom is 0.434 e. The van der Waals surface area contributed by atoms with E-state index in [9.17, 15) is 22.8 Å². The second-order valence-electron chi connectivity index (χ2n) is 5.00. The standard InChI is InChI=1S/C16H8BrF3N2O3/c1-25-14-10(17)13(24)11-8(12(14)23)4-5-9(22-11)7-3-2-6-21-15(7)16(18,19)20/h2-6H,1H3. The molecule has 1 aliphatic rings. The van der Waals surface area contributed by atoms with Crippen LogP contribution in [0.25, 0.3) is 11.3 Å². The third-order valence-electron chi connectivity index (χ3n) is 3.52. The van der Waals surface area contributed by atoms with Gasteiger partial charge in [0, 0.05) is 11.8 Å². The number of fused-ring (bicyclic) bond motifs is 1. The molecule has 1 aliphatic carbocycles. The molecule has 0 aliphatic heterocycles. The molecule has 3 rings (SSSR count). The third kappa shape index (κ3) is 2.84. The number of nitrogens with zero attached hydrogens (tertiary/aromatic N) is 2. The predicted octanol–water partition coefficient (Wildman–Crippen LogP) is 3.79. The molecule has 9 heteroatoms. The highest BCUT2D eigenvalue weighted by Crippen LogP contribution is 2.36. The van der Waals surface area contributed by atoms with E-state index >= 15 is 0 Å². The van der Waals surface area contributed by atoms with E-state index in [1.165, 1.54) is 31.4 Å². The zero-order valence-electron chi connectivity index (χ0n) is 12.5. The number of ether oxygens (including phenoxy) is 1. The molecule has 0 saturated carbocycles. The normalized spacial score (nSPS) is 14.6. The first-order chi connectivity index (χ1) is 11.8. The lowest BCUT2D eigenvalue weighted by molar-refractivity contribution is -0.140. The fourth-order valence-electron chi connectivity index (χ4n) is 2.41. The second-order valence-corrected chi connectivity index (χ2v) is 5.79. The summed E-state index contributed by atoms with van der Waals surface area (Å²) in [6, 6.07) is 5.02. The summed E-state index contributed by atoms with van der Waals surface area (Å²) in [4.78, 5) is 32.0. The van der Waals surface area contributed by atoms with E-state index in [0.29, 0.717) is 0 Å². The van der Waals surface area contributed by atoms with Crippen molar-refractivity contribution in [2.45, 2.75) is 6.18 Å². The lowest BCUT2D eigenvalue weighted by Crippen LogP contribution is -2.22. The Morgan fingerprint density at radius 2 is 1.80 bits per heavy atom. The number of rotatable bonds is 2. The average Bonchev–Trinajstić information content (AvgIpc) is 2.59. The summed E-state index contributed by atoms with van der Waals surface area (Å²) < 4.78 is 44.2. The van der Waals surface area contributed by atoms with Gasteiger partial charge < -0.3 is 4.74 Å². The highest BCUT2D eigenvalue weighted by molar-refractivity contribution is 9.12. The molecule has 0 aromatic carbocycles. The highest BCUT2D eigenvalue weighted by atomic mass is 79.9. The van der Waals surface area contributed by atoms with Gasteiger partial charge in [0.15, 0.2) is 11.5 Å². The van der Waals surface area contributed by atoms with Crippen LogP contribution < -0.4 is 0 Å². The summed E-state index contributed by atoms with van der Waals surface area (Å²) in [5, 5.41) is 0. The molecule has 0 radical (unpaired) electrons. The van der Waals surface area contributed by atoms with E-state index in [2.05, 4.69) is 25.9 Å². The van der Waals surface area contributed by atoms with Crippen molar-refractivity contribution in [2.24, 2.45) is 0 Å². The van der Waals surface area contributed by atoms with Crippen LogP contribution >= 0.6 is 15.9 Å². The van der Waals surface area contributed by atoms with E-state index in [4.69, 9.17) is 4.74 Å². The highest BCUT2D eigenvalue weighted by Gasteiger charge is 2.37. The van der Waals surface area contributed by atoms with E-state index in [-0.39, 0.29) is 32.8 Å². The van der Waals surface area contributed by atoms with Crippen molar-refractivity contribution in [3.05, 3.63) is 57.7 Å². The minimum absolute atomic E-state index is 0.0359. The Kier molecular flexibility index (Phi) is 4.19. The summed E-state index contributed by atoms with van der Waals surface area (Å²) in [6.45, 7) is 0. The van der Waals surface area contributed by atoms with E-state index in [1.807, 2.05) is 0 Å². The Labute approximate surface area is 147 Å². The SMILES string of the molecule is COC1=C(Br)C(=O)c2nc(-c3cccnc3C(F)(F)F)ccc2C1=O. The fourth-order valence-corrected chi connectivity index (χ4v) is 2.94. The van der Waals surface area contributed by atoms with Gasteiger partial charge in [-0.2, -0.15) is 13.2 Å². The first kappa shape index (κ1) is 17.3. The number of halogens is 4. The molecule has 0 saturated heterocycles. The Morgan fingerprint density at radius 3 is 2.44 bits per heavy atom. The number of hydrogen-bond acceptors (Lipinski definition) is 5. The molecule has 5 nitrogen and oxygen atoms in total. The number of methoxy groups -OCH3 is 1. The summed E-state index contributed by atoms with van der Waals surface area (Å²) >= 11 is 2.97. The zero-order chi connectivity index (χ0) is 18.4. The molecule has 0 amide bonds. The van der Waals surface area contributed by atoms with Crippen molar-refractivity contribution < 1.29 is 27.5 Å². The van der Waals surface area contributed by atoms with Gasteiger partial charge in [-0.3, -0.25) is 14.6 Å². The third-order valence-corrected chi connectivity index (χ3v) is 4.24. The molecule has 0 atom stereocenters. The number of aromatic nitrogens is 2. The van der Waals surface area contributed by atoms with Crippen LogP contribution in [0.3, 0.4) is 0 Å². The van der Waals surface area contributed by atoms with Gasteiger partial charge in [0.2, 0.25) is 11.6 Å². The molecule has 0 spiro atoms. The van der Waals surface area contributed by atoms with Crippen LogP contribution in [0.5, 0.6) is 0 Å². The molecule has 0 unspecified atom stereocenters. The van der Waals surface area contributed by atoms with Crippen LogP contribution in [-0.4, -0.2) is 28.6 Å². The van der Waals surface area contributed by atoms with Crippen LogP contribution in [0, 0.1) is 0 Å². The van der Waals surface area contributed by atoms with Gasteiger partial charge in [0.25, 0.3) is 0 Å². The molecule has 0 fully saturated rings. The second kappa shape index (κ2) is 6.07. The van der Waals surface area contributed by atoms with Gasteiger partial charge in [0.1, 0.15) is 10.2 Å². The molecule has 0 bridgehead atoms. The number of pyridine rings is 2. The topological polar surface area (TPSA) is 69.2 Å². The number of hydrogen-bond donors (Lipinski definition) is 0. The van der Waals surface area contributed by atoms with Gasteiger partial charge in [-0.1, -0.05) is 0 Å². The minimum Gasteiger partial charge on any atom is -0.491 e. The molecule has 2 heterocycles. The van der Waals surface area contributed by atoms with Crippen LogP contribution in [-0.2, 0) is 10.9 Å². The largest absolute Gasteiger partial charge is 0.491 e. The Bertz CT molecular complexity index is 938. The molecule has 2 aromatic rings. The van der Waals surface area contributed by atoms with Gasteiger partial charge in [-0.15, -0.1) is 0 Å². The average molecular weight is 413 g/mol. The van der Waals surface area contributed by atoms with E-state index in [1.54, 1.807) is 0 Å². The number of alkyl halides is 3. The molecular weight excluding hydrogens is 405 g/mol. The van der Waals surface area contributed by atoms with Crippen molar-refractivity contribution >= 4 is 27.5 Å². The maximum atomic E-state index is 13.1. The summed E-state index contributed by atoms with van der Waals surface area (Å²) in [6.07, 6.45) is -3.67. The number of carbonyl (C=O) groups is 2. The molecule has 128 valence electrons. The Morgan fingerprint density at radius 1 is 1.08 bits per heavy atom. The first-order valence-electron chi connectivity index (χ1n) is 6.82. The van der Waals surface area contributed by atoms with Crippen molar-refractivity contribution in [1.29, 1.82) is 0 Å². The van der Waals surface area contributed by atoms with E-state index < -0.39 is 23.4 Å². The smallest absolute Gasteiger partial charge is 0.434 e. The summed E-state index contributed by atoms with van der Waals surface area (Å²) in [5.41, 5.74) is -1.79. The maximum absolute atomic E-state index is 13.1. The molecule has 2 aromatic heterocycles. The fraction of sp³-hybridized carbons (Fsp3) is 0.125. The first-order valence-corrected chi connectivity index (χ1v) is 7.61. The lowest BCUT2D eigenvalue weighted by atomic mass is 9.96. The number of ketones is 2. The van der Waals surface area contributed by atoms with Crippen molar-refractivity contribution in [3.8, 4) is 11.3 Å². The molecule has 25 heavy (non-hydrogen) atoms. The number of allylic oxidation sites excluding steroid dienone is 2. The monoisotopic (exact) mass is 412 g/mol. The van der Waals surface area contributed by atoms with Crippen molar-refractivity contribution in [1.82, 2.24) is 9.97 Å². The zero-order valence-corrected chi connectivity index (χ0v) is 14.1. The van der Waals surface area contributed by atoms with Crippen LogP contribution in [0.4, 0.5) is 13.2 Å². The van der Waals surface area contributed by atoms with Crippen LogP contribution in [0.15, 0.2) is 40.7 Å². The predicted molar refractivity (Wildman–Crippen MR) is 84.1 cm³/mol. The summed E-state index contributed by atoms with van der Waals surface area (Å²) in [7, 11) is 1.24. The lowest BCUT2D eigenvalue weighted by Gasteiger charge is -2.17. The van der Waals surface area contributed by atoms with Gasteiger partial charge in [-0.25, -0.2) is 4.98 Å². The van der Waals surface area contributed by atoms with Crippen LogP contribution in [0.2, 0.25) is 0 Å². The molecule has 0 N–H and O–H groups in total. The molecular formula is C16H8BrF3N2O3. The van der Waals surface area contributed by atoms with Crippen LogP contribution in [0.1, 0.15) is 26.5 Å². The Hall–Kier alpha value is -2.55. The quantitative estimate of drug-likeness (QED) is 0.750. The minimum atomic E-state index is -4.68. The number of carbonyl (C=O) groups excluding carboxylic acids is 2. The van der Waals surface area contributed by atoms with Gasteiger partial charge >= 0.3 is 6.18 Å². The van der Waals surface area contributed by atoms with Crippen molar-refractivity contribution in [3.63, 3.8) is 0 Å². The Balaban J connectivity index is 2.19. The van der Waals surface area contributed by atoms with Gasteiger partial charge in [-0.05, 0) is 40.2 Å².